The summed E-state index contributed by atoms with van der Waals surface area (Å²) in [6, 6.07) is 10.4. The Morgan fingerprint density at radius 3 is 2.32 bits per heavy atom. The molecule has 0 saturated carbocycles. The van der Waals surface area contributed by atoms with Crippen LogP contribution in [0, 0.1) is 0 Å². The molecule has 0 aromatic heterocycles. The summed E-state index contributed by atoms with van der Waals surface area (Å²) in [5, 5.41) is 12.4. The van der Waals surface area contributed by atoms with Gasteiger partial charge in [-0.3, -0.25) is 4.79 Å². The third-order valence-electron chi connectivity index (χ3n) is 3.77. The van der Waals surface area contributed by atoms with Gasteiger partial charge in [-0.25, -0.2) is 8.42 Å². The van der Waals surface area contributed by atoms with Gasteiger partial charge in [0.05, 0.1) is 21.5 Å². The molecule has 0 aliphatic heterocycles. The van der Waals surface area contributed by atoms with Crippen LogP contribution in [0.1, 0.15) is 12.0 Å². The van der Waals surface area contributed by atoms with Gasteiger partial charge in [0, 0.05) is 24.7 Å². The number of amides is 1. The molecule has 0 saturated heterocycles. The predicted molar refractivity (Wildman–Crippen MR) is 110 cm³/mol. The quantitative estimate of drug-likeness (QED) is 0.556. The number of carbonyl (C=O) groups is 1. The number of halogens is 3. The standard InChI is InChI=1S/C18H19Cl3N2O4S/c19-14-3-5-15(6-4-14)28(26,27)23(12-18(25)22-8-1-9-24)11-13-2-7-16(20)17(21)10-13/h2-7,10,24H,1,8-9,11-12H2,(H,22,25). The maximum atomic E-state index is 13.1. The smallest absolute Gasteiger partial charge is 0.243 e. The van der Waals surface area contributed by atoms with Crippen LogP contribution in [0.3, 0.4) is 0 Å². The Bertz CT molecular complexity index is 921. The molecule has 0 heterocycles. The largest absolute Gasteiger partial charge is 0.396 e. The first-order chi connectivity index (χ1) is 13.2. The van der Waals surface area contributed by atoms with E-state index in [-0.39, 0.29) is 29.6 Å². The normalized spacial score (nSPS) is 11.6. The predicted octanol–water partition coefficient (Wildman–Crippen LogP) is 3.34. The van der Waals surface area contributed by atoms with E-state index in [9.17, 15) is 13.2 Å². The van der Waals surface area contributed by atoms with Crippen molar-refractivity contribution in [2.45, 2.75) is 17.9 Å². The van der Waals surface area contributed by atoms with Crippen molar-refractivity contribution >= 4 is 50.7 Å². The highest BCUT2D eigenvalue weighted by Gasteiger charge is 2.27. The van der Waals surface area contributed by atoms with Crippen LogP contribution in [-0.4, -0.2) is 43.4 Å². The van der Waals surface area contributed by atoms with Crippen LogP contribution >= 0.6 is 34.8 Å². The van der Waals surface area contributed by atoms with Crippen molar-refractivity contribution in [3.8, 4) is 0 Å². The zero-order valence-corrected chi connectivity index (χ0v) is 17.8. The van der Waals surface area contributed by atoms with Crippen LogP contribution in [0.2, 0.25) is 15.1 Å². The lowest BCUT2D eigenvalue weighted by atomic mass is 10.2. The Kier molecular flexibility index (Phi) is 8.55. The molecular weight excluding hydrogens is 447 g/mol. The number of aliphatic hydroxyl groups is 1. The fourth-order valence-corrected chi connectivity index (χ4v) is 4.18. The average molecular weight is 466 g/mol. The van der Waals surface area contributed by atoms with E-state index in [0.717, 1.165) is 4.31 Å². The number of rotatable bonds is 9. The number of nitrogens with one attached hydrogen (secondary N) is 1. The molecular formula is C18H19Cl3N2O4S. The van der Waals surface area contributed by atoms with E-state index in [2.05, 4.69) is 5.32 Å². The molecule has 0 spiro atoms. The molecule has 0 unspecified atom stereocenters. The molecule has 6 nitrogen and oxygen atoms in total. The SMILES string of the molecule is O=C(CN(Cc1ccc(Cl)c(Cl)c1)S(=O)(=O)c1ccc(Cl)cc1)NCCCO. The van der Waals surface area contributed by atoms with Gasteiger partial charge < -0.3 is 10.4 Å². The van der Waals surface area contributed by atoms with Gasteiger partial charge in [-0.1, -0.05) is 40.9 Å². The Hall–Kier alpha value is -1.35. The van der Waals surface area contributed by atoms with Crippen LogP contribution in [-0.2, 0) is 21.4 Å². The molecule has 152 valence electrons. The summed E-state index contributed by atoms with van der Waals surface area (Å²) in [6.07, 6.45) is 0.377. The van der Waals surface area contributed by atoms with Gasteiger partial charge in [0.15, 0.2) is 0 Å². The second-order valence-corrected chi connectivity index (χ2v) is 9.09. The molecule has 10 heteroatoms. The van der Waals surface area contributed by atoms with Crippen LogP contribution in [0.5, 0.6) is 0 Å². The Labute approximate surface area is 179 Å². The van der Waals surface area contributed by atoms with Gasteiger partial charge in [0.2, 0.25) is 15.9 Å². The van der Waals surface area contributed by atoms with Crippen molar-refractivity contribution in [1.29, 1.82) is 0 Å². The van der Waals surface area contributed by atoms with Crippen molar-refractivity contribution in [3.05, 3.63) is 63.1 Å². The summed E-state index contributed by atoms with van der Waals surface area (Å²) in [5.41, 5.74) is 0.579. The average Bonchev–Trinajstić information content (AvgIpc) is 2.64. The van der Waals surface area contributed by atoms with Gasteiger partial charge >= 0.3 is 0 Å². The molecule has 0 bridgehead atoms. The summed E-state index contributed by atoms with van der Waals surface area (Å²) >= 11 is 17.8. The molecule has 0 aliphatic carbocycles. The maximum Gasteiger partial charge on any atom is 0.243 e. The minimum atomic E-state index is -3.98. The summed E-state index contributed by atoms with van der Waals surface area (Å²) in [4.78, 5) is 12.2. The molecule has 2 aromatic carbocycles. The molecule has 0 fully saturated rings. The molecule has 2 N–H and O–H groups in total. The third kappa shape index (κ3) is 6.34. The Morgan fingerprint density at radius 2 is 1.71 bits per heavy atom. The minimum Gasteiger partial charge on any atom is -0.396 e. The van der Waals surface area contributed by atoms with Gasteiger partial charge in [-0.2, -0.15) is 4.31 Å². The highest BCUT2D eigenvalue weighted by atomic mass is 35.5. The number of sulfonamides is 1. The third-order valence-corrected chi connectivity index (χ3v) is 6.57. The van der Waals surface area contributed by atoms with E-state index in [1.54, 1.807) is 18.2 Å². The number of benzene rings is 2. The van der Waals surface area contributed by atoms with E-state index in [0.29, 0.717) is 22.0 Å². The molecule has 28 heavy (non-hydrogen) atoms. The topological polar surface area (TPSA) is 86.7 Å². The Morgan fingerprint density at radius 1 is 1.04 bits per heavy atom. The van der Waals surface area contributed by atoms with E-state index in [4.69, 9.17) is 39.9 Å². The van der Waals surface area contributed by atoms with Crippen LogP contribution in [0.4, 0.5) is 0 Å². The van der Waals surface area contributed by atoms with E-state index >= 15 is 0 Å². The van der Waals surface area contributed by atoms with Crippen molar-refractivity contribution in [1.82, 2.24) is 9.62 Å². The second kappa shape index (κ2) is 10.4. The van der Waals surface area contributed by atoms with Gasteiger partial charge in [-0.05, 0) is 48.4 Å². The molecule has 0 radical (unpaired) electrons. The highest BCUT2D eigenvalue weighted by Crippen LogP contribution is 2.25. The summed E-state index contributed by atoms with van der Waals surface area (Å²) in [6.45, 7) is -0.292. The van der Waals surface area contributed by atoms with Crippen molar-refractivity contribution < 1.29 is 18.3 Å². The molecule has 0 aliphatic rings. The summed E-state index contributed by atoms with van der Waals surface area (Å²) < 4.78 is 27.2. The monoisotopic (exact) mass is 464 g/mol. The van der Waals surface area contributed by atoms with Crippen molar-refractivity contribution in [2.75, 3.05) is 19.7 Å². The fraction of sp³-hybridized carbons (Fsp3) is 0.278. The van der Waals surface area contributed by atoms with Gasteiger partial charge in [-0.15, -0.1) is 0 Å². The van der Waals surface area contributed by atoms with E-state index in [1.807, 2.05) is 0 Å². The highest BCUT2D eigenvalue weighted by molar-refractivity contribution is 7.89. The summed E-state index contributed by atoms with van der Waals surface area (Å²) in [5.74, 6) is -0.481. The Balaban J connectivity index is 2.30. The first-order valence-electron chi connectivity index (χ1n) is 8.31. The van der Waals surface area contributed by atoms with E-state index < -0.39 is 22.5 Å². The summed E-state index contributed by atoms with van der Waals surface area (Å²) in [7, 11) is -3.98. The van der Waals surface area contributed by atoms with Gasteiger partial charge in [0.25, 0.3) is 0 Å². The van der Waals surface area contributed by atoms with Crippen LogP contribution < -0.4 is 5.32 Å². The minimum absolute atomic E-state index is 0.0140. The van der Waals surface area contributed by atoms with Crippen molar-refractivity contribution in [2.24, 2.45) is 0 Å². The zero-order chi connectivity index (χ0) is 20.7. The molecule has 2 rings (SSSR count). The number of aliphatic hydroxyl groups excluding tert-OH is 1. The molecule has 1 amide bonds. The van der Waals surface area contributed by atoms with Gasteiger partial charge in [0.1, 0.15) is 0 Å². The number of carbonyl (C=O) groups excluding carboxylic acids is 1. The van der Waals surface area contributed by atoms with Crippen LogP contribution in [0.15, 0.2) is 47.4 Å². The first kappa shape index (κ1) is 22.9. The lowest BCUT2D eigenvalue weighted by molar-refractivity contribution is -0.121. The fourth-order valence-electron chi connectivity index (χ4n) is 2.35. The lowest BCUT2D eigenvalue weighted by Gasteiger charge is -2.22. The van der Waals surface area contributed by atoms with Crippen molar-refractivity contribution in [3.63, 3.8) is 0 Å². The molecule has 0 atom stereocenters. The maximum absolute atomic E-state index is 13.1. The molecule has 2 aromatic rings. The number of nitrogens with zero attached hydrogens (tertiary/aromatic N) is 1. The zero-order valence-electron chi connectivity index (χ0n) is 14.7. The first-order valence-corrected chi connectivity index (χ1v) is 10.9. The number of hydrogen-bond acceptors (Lipinski definition) is 4. The van der Waals surface area contributed by atoms with E-state index in [1.165, 1.54) is 24.3 Å². The number of hydrogen-bond donors (Lipinski definition) is 2. The second-order valence-electron chi connectivity index (χ2n) is 5.90. The lowest BCUT2D eigenvalue weighted by Crippen LogP contribution is -2.40. The van der Waals surface area contributed by atoms with Crippen LogP contribution in [0.25, 0.3) is 0 Å².